The van der Waals surface area contributed by atoms with E-state index in [9.17, 15) is 38.1 Å². The Balaban J connectivity index is 2.34. The lowest BCUT2D eigenvalue weighted by atomic mass is 9.86. The smallest absolute Gasteiger partial charge is 0.424 e. The molecule has 0 aromatic heterocycles. The number of hydrogen-bond donors (Lipinski definition) is 5. The monoisotopic (exact) mass is 511 g/mol. The number of Topliss-reactive ketones (excluding diaryl/α,β-unsaturated/α-hetero) is 1. The number of halogens is 3. The average molecular weight is 512 g/mol. The second-order valence-corrected chi connectivity index (χ2v) is 8.96. The number of nitrogens with two attached hydrogens (primary N) is 2. The number of aliphatic hydroxyl groups excluding tert-OH is 1. The van der Waals surface area contributed by atoms with Gasteiger partial charge in [0.2, 0.25) is 5.60 Å². The van der Waals surface area contributed by atoms with Crippen molar-refractivity contribution in [2.24, 2.45) is 11.5 Å². The van der Waals surface area contributed by atoms with Gasteiger partial charge in [0.1, 0.15) is 5.66 Å². The van der Waals surface area contributed by atoms with Gasteiger partial charge in [0.05, 0.1) is 12.3 Å². The number of nitrogens with zero attached hydrogens (tertiary/aromatic N) is 1. The van der Waals surface area contributed by atoms with Crippen LogP contribution in [-0.4, -0.2) is 61.8 Å². The topological polar surface area (TPSA) is 150 Å². The molecular weight excluding hydrogens is 479 g/mol. The number of aliphatic hydroxyl groups is 2. The molecule has 1 amide bonds. The number of hydrogen-bond acceptors (Lipinski definition) is 6. The standard InChI is InChI=1S/C25H32F3N3O5/c1-23(36,25(26,27)28)19(32)15-20(33)24(30,16-18-11-6-3-7-12-18)31(22(34)35)21(29)14-8-13-17-9-4-2-5-10-17/h2-7,9-12,20-21,33,36H,8,13-16,29-30H2,1H3,(H,34,35). The van der Waals surface area contributed by atoms with Crippen LogP contribution in [0, 0.1) is 0 Å². The van der Waals surface area contributed by atoms with Crippen LogP contribution in [0.2, 0.25) is 0 Å². The van der Waals surface area contributed by atoms with Crippen LogP contribution in [0.1, 0.15) is 37.3 Å². The Morgan fingerprint density at radius 3 is 1.97 bits per heavy atom. The van der Waals surface area contributed by atoms with E-state index >= 15 is 0 Å². The molecule has 36 heavy (non-hydrogen) atoms. The minimum Gasteiger partial charge on any atom is -0.465 e. The minimum absolute atomic E-state index is 0.121. The second kappa shape index (κ2) is 11.8. The number of carbonyl (C=O) groups is 2. The fraction of sp³-hybridized carbons (Fsp3) is 0.440. The van der Waals surface area contributed by atoms with Gasteiger partial charge < -0.3 is 26.8 Å². The van der Waals surface area contributed by atoms with Gasteiger partial charge in [-0.1, -0.05) is 60.7 Å². The van der Waals surface area contributed by atoms with Crippen molar-refractivity contribution < 1.29 is 38.1 Å². The third-order valence-electron chi connectivity index (χ3n) is 6.18. The van der Waals surface area contributed by atoms with E-state index in [4.69, 9.17) is 11.5 Å². The third kappa shape index (κ3) is 7.03. The molecule has 0 aliphatic heterocycles. The van der Waals surface area contributed by atoms with Crippen LogP contribution in [0.3, 0.4) is 0 Å². The van der Waals surface area contributed by atoms with Crippen LogP contribution in [0.15, 0.2) is 60.7 Å². The molecule has 0 aliphatic rings. The molecule has 7 N–H and O–H groups in total. The van der Waals surface area contributed by atoms with Crippen molar-refractivity contribution in [3.05, 3.63) is 71.8 Å². The van der Waals surface area contributed by atoms with Crippen LogP contribution >= 0.6 is 0 Å². The fourth-order valence-corrected chi connectivity index (χ4v) is 3.91. The predicted molar refractivity (Wildman–Crippen MR) is 127 cm³/mol. The molecule has 0 radical (unpaired) electrons. The first-order chi connectivity index (χ1) is 16.7. The number of carboxylic acid groups (broad SMARTS) is 1. The highest BCUT2D eigenvalue weighted by atomic mass is 19.4. The number of benzene rings is 2. The molecule has 0 spiro atoms. The zero-order valence-electron chi connectivity index (χ0n) is 19.9. The Morgan fingerprint density at radius 1 is 1.00 bits per heavy atom. The average Bonchev–Trinajstić information content (AvgIpc) is 2.79. The van der Waals surface area contributed by atoms with Crippen LogP contribution in [-0.2, 0) is 17.6 Å². The van der Waals surface area contributed by atoms with E-state index in [2.05, 4.69) is 0 Å². The molecular formula is C25H32F3N3O5. The predicted octanol–water partition coefficient (Wildman–Crippen LogP) is 2.81. The minimum atomic E-state index is -5.30. The summed E-state index contributed by atoms with van der Waals surface area (Å²) in [5.74, 6) is -1.76. The van der Waals surface area contributed by atoms with Gasteiger partial charge in [0.25, 0.3) is 0 Å². The van der Waals surface area contributed by atoms with E-state index in [0.717, 1.165) is 5.56 Å². The molecule has 0 bridgehead atoms. The van der Waals surface area contributed by atoms with E-state index in [1.54, 1.807) is 30.3 Å². The maximum atomic E-state index is 13.2. The van der Waals surface area contributed by atoms with Crippen molar-refractivity contribution in [2.75, 3.05) is 0 Å². The van der Waals surface area contributed by atoms with Gasteiger partial charge in [-0.3, -0.25) is 9.69 Å². The summed E-state index contributed by atoms with van der Waals surface area (Å²) < 4.78 is 39.5. The van der Waals surface area contributed by atoms with Crippen molar-refractivity contribution in [1.29, 1.82) is 0 Å². The van der Waals surface area contributed by atoms with Gasteiger partial charge in [-0.2, -0.15) is 13.2 Å². The van der Waals surface area contributed by atoms with Crippen LogP contribution in [0.4, 0.5) is 18.0 Å². The Labute approximate surface area is 207 Å². The second-order valence-electron chi connectivity index (χ2n) is 8.96. The molecule has 2 aromatic carbocycles. The van der Waals surface area contributed by atoms with Crippen LogP contribution in [0.5, 0.6) is 0 Å². The lowest BCUT2D eigenvalue weighted by Gasteiger charge is -2.45. The SMILES string of the molecule is CC(O)(C(=O)CC(O)C(N)(Cc1ccccc1)N(C(=O)O)C(N)CCCc1ccccc1)C(F)(F)F. The maximum Gasteiger partial charge on any atom is 0.424 e. The Kier molecular flexibility index (Phi) is 9.61. The molecule has 4 atom stereocenters. The van der Waals surface area contributed by atoms with E-state index in [-0.39, 0.29) is 19.8 Å². The van der Waals surface area contributed by atoms with Crippen molar-refractivity contribution in [3.63, 3.8) is 0 Å². The molecule has 4 unspecified atom stereocenters. The van der Waals surface area contributed by atoms with Crippen molar-refractivity contribution in [2.45, 2.75) is 68.7 Å². The normalized spacial score (nSPS) is 16.9. The van der Waals surface area contributed by atoms with E-state index in [1.807, 2.05) is 30.3 Å². The zero-order valence-corrected chi connectivity index (χ0v) is 19.9. The highest BCUT2D eigenvalue weighted by Gasteiger charge is 2.57. The molecule has 11 heteroatoms. The van der Waals surface area contributed by atoms with E-state index in [0.29, 0.717) is 23.3 Å². The number of aryl methyl sites for hydroxylation is 1. The molecule has 2 aromatic rings. The first kappa shape index (κ1) is 29.2. The Morgan fingerprint density at radius 2 is 1.50 bits per heavy atom. The van der Waals surface area contributed by atoms with E-state index in [1.165, 1.54) is 0 Å². The number of rotatable bonds is 12. The quantitative estimate of drug-likeness (QED) is 0.275. The highest BCUT2D eigenvalue weighted by molar-refractivity contribution is 5.88. The first-order valence-electron chi connectivity index (χ1n) is 11.3. The van der Waals surface area contributed by atoms with Crippen molar-refractivity contribution >= 4 is 11.9 Å². The molecule has 0 saturated heterocycles. The largest absolute Gasteiger partial charge is 0.465 e. The summed E-state index contributed by atoms with van der Waals surface area (Å²) in [7, 11) is 0. The van der Waals surface area contributed by atoms with Gasteiger partial charge in [0.15, 0.2) is 5.78 Å². The lowest BCUT2D eigenvalue weighted by molar-refractivity contribution is -0.245. The summed E-state index contributed by atoms with van der Waals surface area (Å²) in [5, 5.41) is 30.6. The van der Waals surface area contributed by atoms with Gasteiger partial charge in [0, 0.05) is 12.8 Å². The lowest BCUT2D eigenvalue weighted by Crippen LogP contribution is -2.71. The fourth-order valence-electron chi connectivity index (χ4n) is 3.91. The Hall–Kier alpha value is -2.99. The molecule has 198 valence electrons. The molecule has 0 saturated carbocycles. The molecule has 0 heterocycles. The summed E-state index contributed by atoms with van der Waals surface area (Å²) in [5.41, 5.74) is 8.00. The Bertz CT molecular complexity index is 1010. The van der Waals surface area contributed by atoms with Gasteiger partial charge in [-0.05, 0) is 37.3 Å². The third-order valence-corrected chi connectivity index (χ3v) is 6.18. The van der Waals surface area contributed by atoms with Crippen molar-refractivity contribution in [3.8, 4) is 0 Å². The summed E-state index contributed by atoms with van der Waals surface area (Å²) in [6.45, 7) is 0.266. The molecule has 0 fully saturated rings. The summed E-state index contributed by atoms with van der Waals surface area (Å²) >= 11 is 0. The van der Waals surface area contributed by atoms with Crippen LogP contribution < -0.4 is 11.5 Å². The number of alkyl halides is 3. The van der Waals surface area contributed by atoms with Gasteiger partial charge >= 0.3 is 12.3 Å². The van der Waals surface area contributed by atoms with Crippen molar-refractivity contribution in [1.82, 2.24) is 4.90 Å². The first-order valence-corrected chi connectivity index (χ1v) is 11.3. The summed E-state index contributed by atoms with van der Waals surface area (Å²) in [6, 6.07) is 17.5. The van der Waals surface area contributed by atoms with E-state index < -0.39 is 48.0 Å². The maximum absolute atomic E-state index is 13.2. The van der Waals surface area contributed by atoms with Gasteiger partial charge in [-0.15, -0.1) is 0 Å². The van der Waals surface area contributed by atoms with Crippen LogP contribution in [0.25, 0.3) is 0 Å². The molecule has 0 aliphatic carbocycles. The summed E-state index contributed by atoms with van der Waals surface area (Å²) in [4.78, 5) is 25.2. The van der Waals surface area contributed by atoms with Gasteiger partial charge in [-0.25, -0.2) is 4.79 Å². The number of carbonyl (C=O) groups excluding carboxylic acids is 1. The number of amides is 1. The molecule has 2 rings (SSSR count). The highest BCUT2D eigenvalue weighted by Crippen LogP contribution is 2.33. The summed E-state index contributed by atoms with van der Waals surface area (Å²) in [6.07, 6.45) is -10.7. The number of ketones is 1. The zero-order chi connectivity index (χ0) is 27.1. The molecule has 8 nitrogen and oxygen atoms in total.